The van der Waals surface area contributed by atoms with Gasteiger partial charge in [-0.3, -0.25) is 4.79 Å². The first-order valence-electron chi connectivity index (χ1n) is 4.39. The number of hydrogen-bond donors (Lipinski definition) is 2. The van der Waals surface area contributed by atoms with Crippen molar-refractivity contribution in [1.29, 1.82) is 0 Å². The maximum absolute atomic E-state index is 10.7. The maximum Gasteiger partial charge on any atom is 0.326 e. The number of carbonyl (C=O) groups is 1. The van der Waals surface area contributed by atoms with E-state index in [1.54, 1.807) is 0 Å². The molecule has 76 valence electrons. The lowest BCUT2D eigenvalue weighted by molar-refractivity contribution is -0.138. The Morgan fingerprint density at radius 1 is 1.57 bits per heavy atom. The SMILES string of the molecule is NC(C(=O)O)c1sc2c(c1Br)CCC2. The standard InChI is InChI=1S/C9H10BrNO2S/c10-6-4-2-1-3-5(4)14-8(6)7(11)9(12)13/h7H,1-3,11H2,(H,12,13). The number of fused-ring (bicyclic) bond motifs is 1. The first-order valence-corrected chi connectivity index (χ1v) is 6.00. The van der Waals surface area contributed by atoms with Gasteiger partial charge in [0.25, 0.3) is 0 Å². The van der Waals surface area contributed by atoms with Gasteiger partial charge in [0.05, 0.1) is 0 Å². The third-order valence-electron chi connectivity index (χ3n) is 2.43. The second kappa shape index (κ2) is 3.64. The Kier molecular flexibility index (Phi) is 2.64. The van der Waals surface area contributed by atoms with E-state index in [2.05, 4.69) is 15.9 Å². The Balaban J connectivity index is 2.41. The summed E-state index contributed by atoms with van der Waals surface area (Å²) in [6, 6.07) is -0.889. The quantitative estimate of drug-likeness (QED) is 0.869. The summed E-state index contributed by atoms with van der Waals surface area (Å²) in [5.74, 6) is -0.967. The average molecular weight is 276 g/mol. The number of thiophene rings is 1. The molecule has 0 aromatic carbocycles. The van der Waals surface area contributed by atoms with Crippen molar-refractivity contribution in [3.8, 4) is 0 Å². The number of carboxylic acid groups (broad SMARTS) is 1. The highest BCUT2D eigenvalue weighted by Crippen LogP contribution is 2.41. The van der Waals surface area contributed by atoms with Gasteiger partial charge in [-0.2, -0.15) is 0 Å². The van der Waals surface area contributed by atoms with E-state index in [4.69, 9.17) is 10.8 Å². The number of carboxylic acids is 1. The maximum atomic E-state index is 10.7. The van der Waals surface area contributed by atoms with E-state index in [1.807, 2.05) is 0 Å². The summed E-state index contributed by atoms with van der Waals surface area (Å²) in [5, 5.41) is 8.81. The molecular weight excluding hydrogens is 266 g/mol. The minimum Gasteiger partial charge on any atom is -0.480 e. The first-order chi connectivity index (χ1) is 6.61. The van der Waals surface area contributed by atoms with Crippen molar-refractivity contribution in [1.82, 2.24) is 0 Å². The number of aliphatic carboxylic acids is 1. The Morgan fingerprint density at radius 2 is 2.29 bits per heavy atom. The minimum absolute atomic E-state index is 0.752. The van der Waals surface area contributed by atoms with Crippen LogP contribution in [0.4, 0.5) is 0 Å². The molecule has 3 N–H and O–H groups in total. The van der Waals surface area contributed by atoms with Gasteiger partial charge in [-0.25, -0.2) is 0 Å². The number of nitrogens with two attached hydrogens (primary N) is 1. The van der Waals surface area contributed by atoms with Crippen molar-refractivity contribution in [2.75, 3.05) is 0 Å². The predicted molar refractivity (Wildman–Crippen MR) is 58.6 cm³/mol. The molecule has 5 heteroatoms. The highest BCUT2D eigenvalue weighted by molar-refractivity contribution is 9.10. The fraction of sp³-hybridized carbons (Fsp3) is 0.444. The van der Waals surface area contributed by atoms with Crippen LogP contribution in [0.2, 0.25) is 0 Å². The topological polar surface area (TPSA) is 63.3 Å². The predicted octanol–water partition coefficient (Wildman–Crippen LogP) is 2.08. The molecule has 1 aliphatic carbocycles. The molecule has 3 nitrogen and oxygen atoms in total. The third-order valence-corrected chi connectivity index (χ3v) is 4.97. The van der Waals surface area contributed by atoms with Crippen LogP contribution in [0.25, 0.3) is 0 Å². The van der Waals surface area contributed by atoms with Crippen molar-refractivity contribution in [2.24, 2.45) is 5.73 Å². The molecular formula is C9H10BrNO2S. The molecule has 1 aromatic rings. The molecule has 0 bridgehead atoms. The van der Waals surface area contributed by atoms with E-state index < -0.39 is 12.0 Å². The lowest BCUT2D eigenvalue weighted by Gasteiger charge is -2.04. The van der Waals surface area contributed by atoms with Gasteiger partial charge in [0.1, 0.15) is 6.04 Å². The Labute approximate surface area is 94.1 Å². The van der Waals surface area contributed by atoms with E-state index in [-0.39, 0.29) is 0 Å². The molecule has 0 spiro atoms. The van der Waals surface area contributed by atoms with Gasteiger partial charge in [-0.15, -0.1) is 11.3 Å². The smallest absolute Gasteiger partial charge is 0.326 e. The molecule has 1 heterocycles. The van der Waals surface area contributed by atoms with Crippen molar-refractivity contribution in [2.45, 2.75) is 25.3 Å². The van der Waals surface area contributed by atoms with Crippen molar-refractivity contribution in [3.05, 3.63) is 19.8 Å². The van der Waals surface area contributed by atoms with Crippen LogP contribution in [0, 0.1) is 0 Å². The zero-order valence-corrected chi connectivity index (χ0v) is 9.82. The molecule has 0 fully saturated rings. The first kappa shape index (κ1) is 10.1. The normalized spacial score (nSPS) is 16.7. The van der Waals surface area contributed by atoms with Crippen LogP contribution in [-0.4, -0.2) is 11.1 Å². The van der Waals surface area contributed by atoms with Gasteiger partial charge in [0.15, 0.2) is 0 Å². The fourth-order valence-corrected chi connectivity index (χ4v) is 4.04. The van der Waals surface area contributed by atoms with E-state index in [9.17, 15) is 4.79 Å². The van der Waals surface area contributed by atoms with Gasteiger partial charge in [-0.1, -0.05) is 0 Å². The average Bonchev–Trinajstić information content (AvgIpc) is 2.68. The number of hydrogen-bond acceptors (Lipinski definition) is 3. The lowest BCUT2D eigenvalue weighted by Crippen LogP contribution is -2.19. The second-order valence-electron chi connectivity index (χ2n) is 3.35. The molecule has 0 radical (unpaired) electrons. The van der Waals surface area contributed by atoms with Gasteiger partial charge in [-0.05, 0) is 40.8 Å². The van der Waals surface area contributed by atoms with Crippen LogP contribution >= 0.6 is 27.3 Å². The summed E-state index contributed by atoms with van der Waals surface area (Å²) in [7, 11) is 0. The molecule has 14 heavy (non-hydrogen) atoms. The van der Waals surface area contributed by atoms with Crippen molar-refractivity contribution < 1.29 is 9.90 Å². The molecule has 1 aliphatic rings. The number of rotatable bonds is 2. The Bertz CT molecular complexity index is 388. The molecule has 0 aliphatic heterocycles. The molecule has 1 aromatic heterocycles. The summed E-state index contributed by atoms with van der Waals surface area (Å²) >= 11 is 4.97. The summed E-state index contributed by atoms with van der Waals surface area (Å²) in [4.78, 5) is 12.8. The second-order valence-corrected chi connectivity index (χ2v) is 5.28. The monoisotopic (exact) mass is 275 g/mol. The van der Waals surface area contributed by atoms with Crippen LogP contribution in [0.3, 0.4) is 0 Å². The van der Waals surface area contributed by atoms with Crippen LogP contribution in [0.15, 0.2) is 4.47 Å². The minimum atomic E-state index is -0.967. The third kappa shape index (κ3) is 1.49. The van der Waals surface area contributed by atoms with Gasteiger partial charge in [0, 0.05) is 14.2 Å². The molecule has 1 atom stereocenters. The van der Waals surface area contributed by atoms with E-state index in [0.717, 1.165) is 22.2 Å². The zero-order chi connectivity index (χ0) is 10.3. The molecule has 1 unspecified atom stereocenters. The molecule has 2 rings (SSSR count). The van der Waals surface area contributed by atoms with Gasteiger partial charge in [0.2, 0.25) is 0 Å². The van der Waals surface area contributed by atoms with Crippen LogP contribution in [-0.2, 0) is 17.6 Å². The summed E-state index contributed by atoms with van der Waals surface area (Å²) < 4.78 is 0.921. The van der Waals surface area contributed by atoms with Crippen LogP contribution in [0.5, 0.6) is 0 Å². The number of halogens is 1. The molecule has 0 saturated heterocycles. The largest absolute Gasteiger partial charge is 0.480 e. The Hall–Kier alpha value is -0.390. The van der Waals surface area contributed by atoms with E-state index in [1.165, 1.54) is 28.2 Å². The Morgan fingerprint density at radius 3 is 2.86 bits per heavy atom. The number of aryl methyl sites for hydroxylation is 1. The van der Waals surface area contributed by atoms with E-state index >= 15 is 0 Å². The zero-order valence-electron chi connectivity index (χ0n) is 7.42. The highest BCUT2D eigenvalue weighted by atomic mass is 79.9. The lowest BCUT2D eigenvalue weighted by atomic mass is 10.2. The highest BCUT2D eigenvalue weighted by Gasteiger charge is 2.26. The summed E-state index contributed by atoms with van der Waals surface area (Å²) in [5.41, 5.74) is 6.85. The van der Waals surface area contributed by atoms with Crippen molar-refractivity contribution in [3.63, 3.8) is 0 Å². The van der Waals surface area contributed by atoms with Crippen molar-refractivity contribution >= 4 is 33.2 Å². The van der Waals surface area contributed by atoms with Gasteiger partial charge >= 0.3 is 5.97 Å². The van der Waals surface area contributed by atoms with Crippen LogP contribution < -0.4 is 5.73 Å². The fourth-order valence-electron chi connectivity index (χ4n) is 1.70. The van der Waals surface area contributed by atoms with Gasteiger partial charge < -0.3 is 10.8 Å². The summed E-state index contributed by atoms with van der Waals surface area (Å²) in [6.07, 6.45) is 3.27. The van der Waals surface area contributed by atoms with Crippen LogP contribution in [0.1, 0.15) is 27.8 Å². The summed E-state index contributed by atoms with van der Waals surface area (Å²) in [6.45, 7) is 0. The molecule has 0 amide bonds. The van der Waals surface area contributed by atoms with E-state index in [0.29, 0.717) is 0 Å². The molecule has 0 saturated carbocycles.